The lowest BCUT2D eigenvalue weighted by Gasteiger charge is -2.10. The van der Waals surface area contributed by atoms with Crippen molar-refractivity contribution in [3.63, 3.8) is 0 Å². The predicted molar refractivity (Wildman–Crippen MR) is 69.3 cm³/mol. The topological polar surface area (TPSA) is 76.2 Å². The third kappa shape index (κ3) is 3.04. The van der Waals surface area contributed by atoms with E-state index in [0.717, 1.165) is 0 Å². The Labute approximate surface area is 110 Å². The standard InChI is InChI=1S/C13H15N3O3/c1-18-9-3-4-10(11(7-9)19-2)13(17)16-8-12-14-5-6-15-12/h3-7H,8H2,1-2H3,(H,14,15)(H,16,17). The molecule has 0 atom stereocenters. The van der Waals surface area contributed by atoms with Crippen LogP contribution in [0.4, 0.5) is 0 Å². The summed E-state index contributed by atoms with van der Waals surface area (Å²) >= 11 is 0. The number of nitrogens with zero attached hydrogens (tertiary/aromatic N) is 1. The molecule has 6 heteroatoms. The van der Waals surface area contributed by atoms with Gasteiger partial charge in [-0.3, -0.25) is 4.79 Å². The Morgan fingerprint density at radius 1 is 1.37 bits per heavy atom. The van der Waals surface area contributed by atoms with Gasteiger partial charge in [-0.05, 0) is 12.1 Å². The van der Waals surface area contributed by atoms with Gasteiger partial charge < -0.3 is 19.8 Å². The number of hydrogen-bond donors (Lipinski definition) is 2. The average Bonchev–Trinajstić information content (AvgIpc) is 2.97. The highest BCUT2D eigenvalue weighted by atomic mass is 16.5. The number of aromatic amines is 1. The summed E-state index contributed by atoms with van der Waals surface area (Å²) in [5.41, 5.74) is 0.454. The van der Waals surface area contributed by atoms with Gasteiger partial charge in [-0.15, -0.1) is 0 Å². The summed E-state index contributed by atoms with van der Waals surface area (Å²) in [4.78, 5) is 19.0. The lowest BCUT2D eigenvalue weighted by atomic mass is 10.1. The largest absolute Gasteiger partial charge is 0.497 e. The normalized spacial score (nSPS) is 10.0. The van der Waals surface area contributed by atoms with Crippen molar-refractivity contribution in [2.24, 2.45) is 0 Å². The minimum absolute atomic E-state index is 0.226. The van der Waals surface area contributed by atoms with Crippen LogP contribution in [0, 0.1) is 0 Å². The molecule has 0 saturated heterocycles. The van der Waals surface area contributed by atoms with Crippen LogP contribution in [0.15, 0.2) is 30.6 Å². The second kappa shape index (κ2) is 5.90. The number of benzene rings is 1. The number of carbonyl (C=O) groups is 1. The van der Waals surface area contributed by atoms with Crippen LogP contribution in [0.3, 0.4) is 0 Å². The van der Waals surface area contributed by atoms with Crippen LogP contribution in [0.2, 0.25) is 0 Å². The van der Waals surface area contributed by atoms with E-state index >= 15 is 0 Å². The Hall–Kier alpha value is -2.50. The zero-order valence-corrected chi connectivity index (χ0v) is 10.8. The zero-order valence-electron chi connectivity index (χ0n) is 10.8. The van der Waals surface area contributed by atoms with Gasteiger partial charge in [0.15, 0.2) is 0 Å². The molecular weight excluding hydrogens is 246 g/mol. The second-order valence-corrected chi connectivity index (χ2v) is 3.78. The molecule has 19 heavy (non-hydrogen) atoms. The van der Waals surface area contributed by atoms with Gasteiger partial charge in [-0.25, -0.2) is 4.98 Å². The number of methoxy groups -OCH3 is 2. The van der Waals surface area contributed by atoms with E-state index in [0.29, 0.717) is 29.4 Å². The van der Waals surface area contributed by atoms with E-state index in [1.54, 1.807) is 37.7 Å². The molecule has 6 nitrogen and oxygen atoms in total. The predicted octanol–water partition coefficient (Wildman–Crippen LogP) is 1.36. The van der Waals surface area contributed by atoms with Crippen LogP contribution in [-0.2, 0) is 6.54 Å². The highest BCUT2D eigenvalue weighted by Crippen LogP contribution is 2.24. The third-order valence-corrected chi connectivity index (χ3v) is 2.62. The fourth-order valence-corrected chi connectivity index (χ4v) is 1.64. The molecule has 100 valence electrons. The molecular formula is C13H15N3O3. The van der Waals surface area contributed by atoms with E-state index in [4.69, 9.17) is 9.47 Å². The van der Waals surface area contributed by atoms with Crippen molar-refractivity contribution >= 4 is 5.91 Å². The molecule has 1 aromatic heterocycles. The molecule has 0 fully saturated rings. The molecule has 0 saturated carbocycles. The molecule has 2 N–H and O–H groups in total. The van der Waals surface area contributed by atoms with Crippen LogP contribution in [-0.4, -0.2) is 30.1 Å². The summed E-state index contributed by atoms with van der Waals surface area (Å²) in [5, 5.41) is 2.76. The summed E-state index contributed by atoms with van der Waals surface area (Å²) in [7, 11) is 3.07. The first-order valence-electron chi connectivity index (χ1n) is 5.73. The summed E-state index contributed by atoms with van der Waals surface area (Å²) in [6, 6.07) is 5.04. The number of amides is 1. The molecule has 1 aromatic carbocycles. The van der Waals surface area contributed by atoms with Gasteiger partial charge in [-0.2, -0.15) is 0 Å². The molecule has 0 aliphatic rings. The molecule has 0 radical (unpaired) electrons. The molecule has 0 aliphatic carbocycles. The van der Waals surface area contributed by atoms with Crippen molar-refractivity contribution in [1.29, 1.82) is 0 Å². The molecule has 0 bridgehead atoms. The lowest BCUT2D eigenvalue weighted by Crippen LogP contribution is -2.23. The number of ether oxygens (including phenoxy) is 2. The van der Waals surface area contributed by atoms with Crippen LogP contribution >= 0.6 is 0 Å². The maximum atomic E-state index is 12.0. The fourth-order valence-electron chi connectivity index (χ4n) is 1.64. The Balaban J connectivity index is 2.09. The smallest absolute Gasteiger partial charge is 0.255 e. The van der Waals surface area contributed by atoms with Crippen molar-refractivity contribution in [2.75, 3.05) is 14.2 Å². The molecule has 0 aliphatic heterocycles. The zero-order chi connectivity index (χ0) is 13.7. The summed E-state index contributed by atoms with van der Waals surface area (Å²) in [6.45, 7) is 0.334. The van der Waals surface area contributed by atoms with Crippen molar-refractivity contribution < 1.29 is 14.3 Å². The lowest BCUT2D eigenvalue weighted by molar-refractivity contribution is 0.0947. The van der Waals surface area contributed by atoms with Crippen molar-refractivity contribution in [3.05, 3.63) is 42.0 Å². The Kier molecular flexibility index (Phi) is 4.02. The second-order valence-electron chi connectivity index (χ2n) is 3.78. The molecule has 2 rings (SSSR count). The number of hydrogen-bond acceptors (Lipinski definition) is 4. The van der Waals surface area contributed by atoms with Crippen LogP contribution < -0.4 is 14.8 Å². The van der Waals surface area contributed by atoms with Gasteiger partial charge in [0, 0.05) is 18.5 Å². The highest BCUT2D eigenvalue weighted by Gasteiger charge is 2.13. The summed E-state index contributed by atoms with van der Waals surface area (Å²) < 4.78 is 10.3. The highest BCUT2D eigenvalue weighted by molar-refractivity contribution is 5.97. The molecule has 2 aromatic rings. The maximum absolute atomic E-state index is 12.0. The van der Waals surface area contributed by atoms with Gasteiger partial charge in [0.25, 0.3) is 5.91 Å². The Morgan fingerprint density at radius 3 is 2.84 bits per heavy atom. The number of carbonyl (C=O) groups excluding carboxylic acids is 1. The van der Waals surface area contributed by atoms with E-state index in [-0.39, 0.29) is 5.91 Å². The van der Waals surface area contributed by atoms with E-state index in [1.165, 1.54) is 7.11 Å². The first kappa shape index (κ1) is 12.9. The Bertz CT molecular complexity index is 552. The van der Waals surface area contributed by atoms with Crippen LogP contribution in [0.1, 0.15) is 16.2 Å². The number of imidazole rings is 1. The molecule has 0 unspecified atom stereocenters. The first-order valence-corrected chi connectivity index (χ1v) is 5.73. The van der Waals surface area contributed by atoms with E-state index in [1.807, 2.05) is 0 Å². The average molecular weight is 261 g/mol. The first-order chi connectivity index (χ1) is 9.24. The van der Waals surface area contributed by atoms with Crippen molar-refractivity contribution in [2.45, 2.75) is 6.54 Å². The summed E-state index contributed by atoms with van der Waals surface area (Å²) in [6.07, 6.45) is 3.34. The Morgan fingerprint density at radius 2 is 2.21 bits per heavy atom. The maximum Gasteiger partial charge on any atom is 0.255 e. The minimum Gasteiger partial charge on any atom is -0.497 e. The minimum atomic E-state index is -0.226. The molecule has 1 heterocycles. The van der Waals surface area contributed by atoms with Gasteiger partial charge in [0.1, 0.15) is 17.3 Å². The van der Waals surface area contributed by atoms with E-state index in [9.17, 15) is 4.79 Å². The van der Waals surface area contributed by atoms with Gasteiger partial charge in [0.05, 0.1) is 26.3 Å². The van der Waals surface area contributed by atoms with Gasteiger partial charge in [0.2, 0.25) is 0 Å². The third-order valence-electron chi connectivity index (χ3n) is 2.62. The van der Waals surface area contributed by atoms with Crippen molar-refractivity contribution in [1.82, 2.24) is 15.3 Å². The SMILES string of the molecule is COc1ccc(C(=O)NCc2ncc[nH]2)c(OC)c1. The fraction of sp³-hybridized carbons (Fsp3) is 0.231. The van der Waals surface area contributed by atoms with Gasteiger partial charge >= 0.3 is 0 Å². The number of aromatic nitrogens is 2. The van der Waals surface area contributed by atoms with E-state index < -0.39 is 0 Å². The van der Waals surface area contributed by atoms with Crippen LogP contribution in [0.25, 0.3) is 0 Å². The monoisotopic (exact) mass is 261 g/mol. The number of nitrogens with one attached hydrogen (secondary N) is 2. The molecule has 0 spiro atoms. The summed E-state index contributed by atoms with van der Waals surface area (Å²) in [5.74, 6) is 1.58. The van der Waals surface area contributed by atoms with E-state index in [2.05, 4.69) is 15.3 Å². The quantitative estimate of drug-likeness (QED) is 0.852. The van der Waals surface area contributed by atoms with Gasteiger partial charge in [-0.1, -0.05) is 0 Å². The number of H-pyrrole nitrogens is 1. The molecule has 1 amide bonds. The van der Waals surface area contributed by atoms with Crippen LogP contribution in [0.5, 0.6) is 11.5 Å². The number of rotatable bonds is 5. The van der Waals surface area contributed by atoms with Crippen molar-refractivity contribution in [3.8, 4) is 11.5 Å².